The van der Waals surface area contributed by atoms with Gasteiger partial charge in [0.25, 0.3) is 0 Å². The summed E-state index contributed by atoms with van der Waals surface area (Å²) in [6.07, 6.45) is 1.92. The molecule has 4 nitrogen and oxygen atoms in total. The van der Waals surface area contributed by atoms with Crippen molar-refractivity contribution in [2.75, 3.05) is 14.1 Å². The Hall–Kier alpha value is -1.23. The van der Waals surface area contributed by atoms with Gasteiger partial charge in [0, 0.05) is 14.1 Å². The van der Waals surface area contributed by atoms with Crippen LogP contribution in [0, 0.1) is 5.92 Å². The number of hydrogen-bond donors (Lipinski definition) is 0. The Kier molecular flexibility index (Phi) is 3.00. The second-order valence-electron chi connectivity index (χ2n) is 3.15. The summed E-state index contributed by atoms with van der Waals surface area (Å²) in [6.45, 7) is 3.52. The molecule has 0 spiro atoms. The van der Waals surface area contributed by atoms with E-state index >= 15 is 0 Å². The van der Waals surface area contributed by atoms with Crippen molar-refractivity contribution in [3.63, 3.8) is 0 Å². The molecule has 0 aromatic heterocycles. The zero-order valence-electron chi connectivity index (χ0n) is 8.19. The Balaban J connectivity index is 2.97. The predicted molar refractivity (Wildman–Crippen MR) is 56.4 cm³/mol. The Morgan fingerprint density at radius 1 is 1.36 bits per heavy atom. The van der Waals surface area contributed by atoms with Crippen LogP contribution in [0.2, 0.25) is 0 Å². The van der Waals surface area contributed by atoms with E-state index < -0.39 is 5.92 Å². The van der Waals surface area contributed by atoms with E-state index in [2.05, 4.69) is 6.58 Å². The Morgan fingerprint density at radius 2 is 1.79 bits per heavy atom. The van der Waals surface area contributed by atoms with Gasteiger partial charge in [-0.15, -0.1) is 6.58 Å². The lowest BCUT2D eigenvalue weighted by molar-refractivity contribution is -0.145. The number of allylic oxidation sites excluding steroid dienone is 1. The van der Waals surface area contributed by atoms with Crippen LogP contribution in [-0.2, 0) is 9.59 Å². The van der Waals surface area contributed by atoms with Crippen LogP contribution >= 0.6 is 12.2 Å². The molecular formula is C9H12N2O2S. The number of amides is 2. The third-order valence-corrected chi connectivity index (χ3v) is 2.78. The number of hydrogen-bond acceptors (Lipinski definition) is 3. The minimum atomic E-state index is -0.658. The highest BCUT2D eigenvalue weighted by Crippen LogP contribution is 2.18. The van der Waals surface area contributed by atoms with Gasteiger partial charge in [-0.3, -0.25) is 19.4 Å². The topological polar surface area (TPSA) is 40.6 Å². The molecule has 0 unspecified atom stereocenters. The molecule has 0 radical (unpaired) electrons. The van der Waals surface area contributed by atoms with Crippen molar-refractivity contribution in [3.8, 4) is 0 Å². The summed E-state index contributed by atoms with van der Waals surface area (Å²) in [5, 5.41) is 0.250. The van der Waals surface area contributed by atoms with Crippen molar-refractivity contribution in [3.05, 3.63) is 12.7 Å². The van der Waals surface area contributed by atoms with E-state index in [1.807, 2.05) is 0 Å². The largest absolute Gasteiger partial charge is 0.291 e. The average molecular weight is 212 g/mol. The summed E-state index contributed by atoms with van der Waals surface area (Å²) >= 11 is 4.93. The van der Waals surface area contributed by atoms with Gasteiger partial charge in [0.15, 0.2) is 5.11 Å². The third-order valence-electron chi connectivity index (χ3n) is 2.23. The zero-order valence-corrected chi connectivity index (χ0v) is 9.00. The lowest BCUT2D eigenvalue weighted by Crippen LogP contribution is -2.56. The molecule has 76 valence electrons. The number of nitrogens with zero attached hydrogens (tertiary/aromatic N) is 2. The van der Waals surface area contributed by atoms with Gasteiger partial charge in [-0.2, -0.15) is 0 Å². The van der Waals surface area contributed by atoms with Gasteiger partial charge >= 0.3 is 0 Å². The third kappa shape index (κ3) is 1.55. The standard InChI is InChI=1S/C9H12N2O2S/c1-4-5-6-7(12)10(2)9(14)11(3)8(6)13/h4,6H,1,5H2,2-3H3. The summed E-state index contributed by atoms with van der Waals surface area (Å²) in [4.78, 5) is 25.9. The predicted octanol–water partition coefficient (Wildman–Crippen LogP) is 0.394. The molecule has 0 aromatic rings. The van der Waals surface area contributed by atoms with E-state index in [9.17, 15) is 9.59 Å². The Morgan fingerprint density at radius 3 is 2.14 bits per heavy atom. The number of carbonyl (C=O) groups excluding carboxylic acids is 2. The molecule has 1 rings (SSSR count). The average Bonchev–Trinajstić information content (AvgIpc) is 2.19. The first kappa shape index (κ1) is 10.8. The molecule has 0 atom stereocenters. The number of thiocarbonyl (C=S) groups is 1. The molecule has 1 aliphatic heterocycles. The molecule has 0 bridgehead atoms. The molecule has 2 amide bonds. The maximum Gasteiger partial charge on any atom is 0.241 e. The highest BCUT2D eigenvalue weighted by molar-refractivity contribution is 7.80. The fraction of sp³-hybridized carbons (Fsp3) is 0.444. The quantitative estimate of drug-likeness (QED) is 0.378. The van der Waals surface area contributed by atoms with Crippen molar-refractivity contribution in [2.24, 2.45) is 5.92 Å². The Labute approximate surface area is 88.2 Å². The minimum absolute atomic E-state index is 0.250. The lowest BCUT2D eigenvalue weighted by atomic mass is 10.0. The molecule has 5 heteroatoms. The maximum atomic E-state index is 11.6. The van der Waals surface area contributed by atoms with E-state index in [1.165, 1.54) is 9.80 Å². The van der Waals surface area contributed by atoms with E-state index in [-0.39, 0.29) is 16.9 Å². The highest BCUT2D eigenvalue weighted by atomic mass is 32.1. The fourth-order valence-electron chi connectivity index (χ4n) is 1.35. The summed E-state index contributed by atoms with van der Waals surface area (Å²) in [6, 6.07) is 0. The van der Waals surface area contributed by atoms with Crippen LogP contribution in [0.3, 0.4) is 0 Å². The minimum Gasteiger partial charge on any atom is -0.291 e. The normalized spacial score (nSPS) is 19.1. The van der Waals surface area contributed by atoms with Crippen molar-refractivity contribution in [1.29, 1.82) is 0 Å². The second kappa shape index (κ2) is 3.88. The van der Waals surface area contributed by atoms with Gasteiger partial charge in [-0.25, -0.2) is 0 Å². The van der Waals surface area contributed by atoms with Gasteiger partial charge in [-0.05, 0) is 18.6 Å². The molecular weight excluding hydrogens is 200 g/mol. The molecule has 1 fully saturated rings. The van der Waals surface area contributed by atoms with Gasteiger partial charge in [-0.1, -0.05) is 6.08 Å². The maximum absolute atomic E-state index is 11.6. The van der Waals surface area contributed by atoms with Crippen LogP contribution in [0.4, 0.5) is 0 Å². The molecule has 1 heterocycles. The van der Waals surface area contributed by atoms with E-state index in [0.29, 0.717) is 6.42 Å². The zero-order chi connectivity index (χ0) is 10.9. The van der Waals surface area contributed by atoms with E-state index in [4.69, 9.17) is 12.2 Å². The van der Waals surface area contributed by atoms with Crippen LogP contribution in [0.15, 0.2) is 12.7 Å². The van der Waals surface area contributed by atoms with E-state index in [1.54, 1.807) is 20.2 Å². The van der Waals surface area contributed by atoms with Gasteiger partial charge in [0.1, 0.15) is 5.92 Å². The summed E-state index contributed by atoms with van der Waals surface area (Å²) in [5.41, 5.74) is 0. The number of carbonyl (C=O) groups is 2. The SMILES string of the molecule is C=CCC1C(=O)N(C)C(=S)N(C)C1=O. The summed E-state index contributed by atoms with van der Waals surface area (Å²) < 4.78 is 0. The molecule has 0 saturated carbocycles. The van der Waals surface area contributed by atoms with Gasteiger partial charge < -0.3 is 0 Å². The molecule has 1 saturated heterocycles. The highest BCUT2D eigenvalue weighted by Gasteiger charge is 2.39. The van der Waals surface area contributed by atoms with Gasteiger partial charge in [0.05, 0.1) is 0 Å². The summed E-state index contributed by atoms with van der Waals surface area (Å²) in [5.74, 6) is -1.16. The smallest absolute Gasteiger partial charge is 0.241 e. The van der Waals surface area contributed by atoms with Crippen molar-refractivity contribution >= 4 is 29.1 Å². The van der Waals surface area contributed by atoms with E-state index in [0.717, 1.165) is 0 Å². The van der Waals surface area contributed by atoms with Crippen LogP contribution in [0.5, 0.6) is 0 Å². The molecule has 14 heavy (non-hydrogen) atoms. The van der Waals surface area contributed by atoms with Crippen LogP contribution in [0.25, 0.3) is 0 Å². The molecule has 0 aromatic carbocycles. The molecule has 0 N–H and O–H groups in total. The van der Waals surface area contributed by atoms with Crippen LogP contribution in [-0.4, -0.2) is 40.8 Å². The lowest BCUT2D eigenvalue weighted by Gasteiger charge is -2.34. The second-order valence-corrected chi connectivity index (χ2v) is 3.52. The van der Waals surface area contributed by atoms with Gasteiger partial charge in [0.2, 0.25) is 11.8 Å². The first-order valence-corrected chi connectivity index (χ1v) is 4.61. The monoisotopic (exact) mass is 212 g/mol. The molecule has 1 aliphatic rings. The van der Waals surface area contributed by atoms with Crippen LogP contribution in [0.1, 0.15) is 6.42 Å². The fourth-order valence-corrected chi connectivity index (χ4v) is 1.53. The molecule has 0 aliphatic carbocycles. The van der Waals surface area contributed by atoms with Crippen LogP contribution < -0.4 is 0 Å². The van der Waals surface area contributed by atoms with Crippen molar-refractivity contribution in [2.45, 2.75) is 6.42 Å². The first-order valence-electron chi connectivity index (χ1n) is 4.20. The Bertz CT molecular complexity index is 290. The first-order chi connectivity index (χ1) is 6.50. The number of rotatable bonds is 2. The van der Waals surface area contributed by atoms with Crippen molar-refractivity contribution in [1.82, 2.24) is 9.80 Å². The summed E-state index contributed by atoms with van der Waals surface area (Å²) in [7, 11) is 3.15. The van der Waals surface area contributed by atoms with Crippen molar-refractivity contribution < 1.29 is 9.59 Å².